The van der Waals surface area contributed by atoms with Crippen LogP contribution >= 0.6 is 0 Å². The second-order valence-corrected chi connectivity index (χ2v) is 9.86. The van der Waals surface area contributed by atoms with Crippen molar-refractivity contribution in [2.24, 2.45) is 0 Å². The van der Waals surface area contributed by atoms with Crippen molar-refractivity contribution in [3.63, 3.8) is 0 Å². The third kappa shape index (κ3) is 5.44. The number of nitrogens with zero attached hydrogens (tertiary/aromatic N) is 2. The highest BCUT2D eigenvalue weighted by Crippen LogP contribution is 2.27. The molecule has 1 N–H and O–H groups in total. The normalized spacial score (nSPS) is 14.9. The largest absolute Gasteiger partial charge is 0.349 e. The molecule has 0 atom stereocenters. The Hall–Kier alpha value is -3.50. The quantitative estimate of drug-likeness (QED) is 0.359. The Balaban J connectivity index is 1.32. The fraction of sp³-hybridized carbons (Fsp3) is 0.290. The Morgan fingerprint density at radius 1 is 0.943 bits per heavy atom. The molecule has 1 fully saturated rings. The predicted molar refractivity (Wildman–Crippen MR) is 143 cm³/mol. The fourth-order valence-electron chi connectivity index (χ4n) is 4.89. The average molecular weight is 464 g/mol. The maximum Gasteiger partial charge on any atom is 0.252 e. The van der Waals surface area contributed by atoms with Gasteiger partial charge in [-0.3, -0.25) is 9.69 Å². The average Bonchev–Trinajstić information content (AvgIpc) is 2.90. The van der Waals surface area contributed by atoms with Gasteiger partial charge >= 0.3 is 0 Å². The van der Waals surface area contributed by atoms with Gasteiger partial charge < -0.3 is 5.32 Å². The van der Waals surface area contributed by atoms with Crippen LogP contribution in [-0.2, 0) is 6.54 Å². The molecule has 1 aliphatic rings. The lowest BCUT2D eigenvalue weighted by Crippen LogP contribution is -2.44. The number of fused-ring (bicyclic) bond motifs is 1. The topological polar surface area (TPSA) is 45.2 Å². The van der Waals surface area contributed by atoms with Crippen molar-refractivity contribution in [3.05, 3.63) is 102 Å². The summed E-state index contributed by atoms with van der Waals surface area (Å²) in [4.78, 5) is 20.8. The van der Waals surface area contributed by atoms with Gasteiger partial charge in [0.2, 0.25) is 0 Å². The zero-order chi connectivity index (χ0) is 24.2. The Labute approximate surface area is 208 Å². The van der Waals surface area contributed by atoms with Gasteiger partial charge in [0, 0.05) is 36.6 Å². The van der Waals surface area contributed by atoms with Gasteiger partial charge in [-0.2, -0.15) is 0 Å². The summed E-state index contributed by atoms with van der Waals surface area (Å²) >= 11 is 0. The highest BCUT2D eigenvalue weighted by molar-refractivity contribution is 6.07. The van der Waals surface area contributed by atoms with E-state index in [9.17, 15) is 4.79 Å². The summed E-state index contributed by atoms with van der Waals surface area (Å²) in [6.45, 7) is 7.33. The van der Waals surface area contributed by atoms with E-state index in [0.29, 0.717) is 11.5 Å². The van der Waals surface area contributed by atoms with E-state index in [1.165, 1.54) is 11.1 Å². The van der Waals surface area contributed by atoms with E-state index in [1.54, 1.807) is 0 Å². The molecular formula is C31H33N3O. The number of hydrogen-bond acceptors (Lipinski definition) is 3. The minimum Gasteiger partial charge on any atom is -0.349 e. The van der Waals surface area contributed by atoms with Crippen LogP contribution in [0.15, 0.2) is 84.9 Å². The third-order valence-electron chi connectivity index (χ3n) is 7.01. The summed E-state index contributed by atoms with van der Waals surface area (Å²) in [7, 11) is 0. The maximum absolute atomic E-state index is 13.5. The molecule has 4 nitrogen and oxygen atoms in total. The van der Waals surface area contributed by atoms with E-state index in [1.807, 2.05) is 30.3 Å². The lowest BCUT2D eigenvalue weighted by Gasteiger charge is -2.32. The third-order valence-corrected chi connectivity index (χ3v) is 7.01. The smallest absolute Gasteiger partial charge is 0.252 e. The lowest BCUT2D eigenvalue weighted by atomic mass is 9.98. The zero-order valence-corrected chi connectivity index (χ0v) is 20.6. The highest BCUT2D eigenvalue weighted by atomic mass is 16.1. The summed E-state index contributed by atoms with van der Waals surface area (Å²) < 4.78 is 0. The summed E-state index contributed by atoms with van der Waals surface area (Å²) in [6, 6.07) is 29.2. The number of nitrogens with one attached hydrogen (secondary N) is 1. The van der Waals surface area contributed by atoms with Crippen LogP contribution in [0.2, 0.25) is 0 Å². The van der Waals surface area contributed by atoms with Gasteiger partial charge in [0.15, 0.2) is 0 Å². The number of carbonyl (C=O) groups is 1. The van der Waals surface area contributed by atoms with Crippen molar-refractivity contribution in [3.8, 4) is 11.3 Å². The molecule has 1 aromatic heterocycles. The summed E-state index contributed by atoms with van der Waals surface area (Å²) in [5.41, 5.74) is 6.05. The van der Waals surface area contributed by atoms with Crippen molar-refractivity contribution in [1.82, 2.24) is 15.2 Å². The Kier molecular flexibility index (Phi) is 6.91. The second-order valence-electron chi connectivity index (χ2n) is 9.86. The molecule has 0 spiro atoms. The van der Waals surface area contributed by atoms with Gasteiger partial charge in [-0.25, -0.2) is 4.98 Å². The predicted octanol–water partition coefficient (Wildman–Crippen LogP) is 6.42. The maximum atomic E-state index is 13.5. The molecule has 1 aliphatic heterocycles. The molecule has 3 aromatic carbocycles. The molecular weight excluding hydrogens is 430 g/mol. The van der Waals surface area contributed by atoms with Crippen LogP contribution in [0.3, 0.4) is 0 Å². The molecule has 0 radical (unpaired) electrons. The molecule has 4 aromatic rings. The van der Waals surface area contributed by atoms with Crippen LogP contribution in [0, 0.1) is 0 Å². The number of carbonyl (C=O) groups excluding carboxylic acids is 1. The van der Waals surface area contributed by atoms with Crippen molar-refractivity contribution < 1.29 is 4.79 Å². The van der Waals surface area contributed by atoms with Gasteiger partial charge in [-0.1, -0.05) is 86.6 Å². The van der Waals surface area contributed by atoms with Crippen LogP contribution in [-0.4, -0.2) is 34.9 Å². The second kappa shape index (κ2) is 10.4. The van der Waals surface area contributed by atoms with Crippen LogP contribution in [0.5, 0.6) is 0 Å². The molecule has 0 bridgehead atoms. The number of rotatable bonds is 6. The van der Waals surface area contributed by atoms with Crippen LogP contribution in [0.4, 0.5) is 0 Å². The van der Waals surface area contributed by atoms with Crippen molar-refractivity contribution >= 4 is 16.8 Å². The first-order valence-electron chi connectivity index (χ1n) is 12.6. The molecule has 1 amide bonds. The molecule has 0 unspecified atom stereocenters. The van der Waals surface area contributed by atoms with E-state index >= 15 is 0 Å². The molecule has 35 heavy (non-hydrogen) atoms. The Morgan fingerprint density at radius 2 is 1.63 bits per heavy atom. The van der Waals surface area contributed by atoms with Gasteiger partial charge in [-0.05, 0) is 42.0 Å². The first-order chi connectivity index (χ1) is 17.1. The minimum atomic E-state index is -0.00911. The minimum absolute atomic E-state index is 0.00911. The van der Waals surface area contributed by atoms with Crippen LogP contribution < -0.4 is 5.32 Å². The number of hydrogen-bond donors (Lipinski definition) is 1. The van der Waals surface area contributed by atoms with E-state index in [4.69, 9.17) is 4.98 Å². The zero-order valence-electron chi connectivity index (χ0n) is 20.6. The SMILES string of the molecule is CC(C)c1ccc(-c2cc(C(=O)NC3CCN(Cc4ccccc4)CC3)c3ccccc3n2)cc1. The molecule has 0 saturated carbocycles. The van der Waals surface area contributed by atoms with E-state index in [0.717, 1.165) is 54.6 Å². The molecule has 178 valence electrons. The number of piperidine rings is 1. The monoisotopic (exact) mass is 463 g/mol. The molecule has 5 rings (SSSR count). The first-order valence-corrected chi connectivity index (χ1v) is 12.6. The summed E-state index contributed by atoms with van der Waals surface area (Å²) in [6.07, 6.45) is 1.93. The molecule has 1 saturated heterocycles. The van der Waals surface area contributed by atoms with Crippen LogP contribution in [0.25, 0.3) is 22.2 Å². The van der Waals surface area contributed by atoms with Gasteiger partial charge in [0.1, 0.15) is 0 Å². The number of benzene rings is 3. The molecule has 2 heterocycles. The van der Waals surface area contributed by atoms with Crippen LogP contribution in [0.1, 0.15) is 54.1 Å². The van der Waals surface area contributed by atoms with Crippen molar-refractivity contribution in [1.29, 1.82) is 0 Å². The lowest BCUT2D eigenvalue weighted by molar-refractivity contribution is 0.0910. The number of amides is 1. The summed E-state index contributed by atoms with van der Waals surface area (Å²) in [5, 5.41) is 4.22. The van der Waals surface area contributed by atoms with Gasteiger partial charge in [0.05, 0.1) is 16.8 Å². The van der Waals surface area contributed by atoms with E-state index < -0.39 is 0 Å². The van der Waals surface area contributed by atoms with Gasteiger partial charge in [-0.15, -0.1) is 0 Å². The van der Waals surface area contributed by atoms with E-state index in [2.05, 4.69) is 78.7 Å². The first kappa shape index (κ1) is 23.3. The molecule has 4 heteroatoms. The highest BCUT2D eigenvalue weighted by Gasteiger charge is 2.22. The standard InChI is InChI=1S/C31H33N3O/c1-22(2)24-12-14-25(15-13-24)30-20-28(27-10-6-7-11-29(27)33-30)31(35)32-26-16-18-34(19-17-26)21-23-8-4-3-5-9-23/h3-15,20,22,26H,16-19,21H2,1-2H3,(H,32,35). The summed E-state index contributed by atoms with van der Waals surface area (Å²) in [5.74, 6) is 0.472. The van der Waals surface area contributed by atoms with Crippen molar-refractivity contribution in [2.75, 3.05) is 13.1 Å². The number of likely N-dealkylation sites (tertiary alicyclic amines) is 1. The number of pyridine rings is 1. The number of para-hydroxylation sites is 1. The molecule has 0 aliphatic carbocycles. The van der Waals surface area contributed by atoms with E-state index in [-0.39, 0.29) is 11.9 Å². The number of aromatic nitrogens is 1. The Bertz CT molecular complexity index is 1290. The van der Waals surface area contributed by atoms with Crippen molar-refractivity contribution in [2.45, 2.75) is 45.2 Å². The van der Waals surface area contributed by atoms with Gasteiger partial charge in [0.25, 0.3) is 5.91 Å². The Morgan fingerprint density at radius 3 is 2.34 bits per heavy atom. The fourth-order valence-corrected chi connectivity index (χ4v) is 4.89.